The Morgan fingerprint density at radius 1 is 0.939 bits per heavy atom. The molecule has 2 aromatic rings. The van der Waals surface area contributed by atoms with E-state index in [0.29, 0.717) is 50.0 Å². The zero-order chi connectivity index (χ0) is 23.8. The summed E-state index contributed by atoms with van der Waals surface area (Å²) in [6, 6.07) is 14.1. The van der Waals surface area contributed by atoms with Crippen molar-refractivity contribution in [1.29, 1.82) is 0 Å². The second-order valence-electron chi connectivity index (χ2n) is 8.16. The molecule has 0 aromatic heterocycles. The predicted octanol–water partition coefficient (Wildman–Crippen LogP) is 3.96. The number of hydrogen-bond acceptors (Lipinski definition) is 5. The second-order valence-corrected chi connectivity index (χ2v) is 8.16. The average molecular weight is 451 g/mol. The molecule has 0 aliphatic carbocycles. The summed E-state index contributed by atoms with van der Waals surface area (Å²) in [5.41, 5.74) is 2.85. The summed E-state index contributed by atoms with van der Waals surface area (Å²) in [7, 11) is 0. The van der Waals surface area contributed by atoms with Gasteiger partial charge in [0.1, 0.15) is 0 Å². The maximum absolute atomic E-state index is 12.5. The van der Waals surface area contributed by atoms with Crippen LogP contribution in [-0.4, -0.2) is 41.7 Å². The van der Waals surface area contributed by atoms with E-state index in [1.54, 1.807) is 31.2 Å². The molecule has 33 heavy (non-hydrogen) atoms. The molecule has 1 aliphatic rings. The molecule has 1 atom stereocenters. The van der Waals surface area contributed by atoms with Crippen molar-refractivity contribution < 1.29 is 23.9 Å². The van der Waals surface area contributed by atoms with Gasteiger partial charge >= 0.3 is 5.97 Å². The van der Waals surface area contributed by atoms with Crippen LogP contribution in [0.2, 0.25) is 0 Å². The highest BCUT2D eigenvalue weighted by atomic mass is 16.5. The SMILES string of the molecule is CCOC(=O)C[C@@H](NC(=O)CCCCCN1C(=O)c2ccccc2C1=O)c1ccc(C)cc1. The van der Waals surface area contributed by atoms with Gasteiger partial charge in [0.2, 0.25) is 5.91 Å². The van der Waals surface area contributed by atoms with E-state index >= 15 is 0 Å². The quantitative estimate of drug-likeness (QED) is 0.318. The first-order valence-electron chi connectivity index (χ1n) is 11.4. The lowest BCUT2D eigenvalue weighted by Crippen LogP contribution is -2.31. The van der Waals surface area contributed by atoms with Gasteiger partial charge in [0.05, 0.1) is 30.2 Å². The number of carbonyl (C=O) groups is 4. The van der Waals surface area contributed by atoms with Crippen LogP contribution < -0.4 is 5.32 Å². The van der Waals surface area contributed by atoms with Gasteiger partial charge in [0.25, 0.3) is 11.8 Å². The van der Waals surface area contributed by atoms with E-state index in [-0.39, 0.29) is 30.1 Å². The van der Waals surface area contributed by atoms with E-state index in [9.17, 15) is 19.2 Å². The number of aryl methyl sites for hydroxylation is 1. The molecule has 1 aliphatic heterocycles. The lowest BCUT2D eigenvalue weighted by atomic mass is 10.0. The topological polar surface area (TPSA) is 92.8 Å². The van der Waals surface area contributed by atoms with Crippen molar-refractivity contribution >= 4 is 23.7 Å². The summed E-state index contributed by atoms with van der Waals surface area (Å²) < 4.78 is 5.05. The number of nitrogens with one attached hydrogen (secondary N) is 1. The Morgan fingerprint density at radius 3 is 2.18 bits per heavy atom. The maximum atomic E-state index is 12.5. The van der Waals surface area contributed by atoms with Crippen LogP contribution in [-0.2, 0) is 14.3 Å². The first-order valence-corrected chi connectivity index (χ1v) is 11.4. The number of ether oxygens (including phenoxy) is 1. The van der Waals surface area contributed by atoms with Gasteiger partial charge in [0.15, 0.2) is 0 Å². The Morgan fingerprint density at radius 2 is 1.58 bits per heavy atom. The molecule has 0 unspecified atom stereocenters. The number of fused-ring (bicyclic) bond motifs is 1. The molecular weight excluding hydrogens is 420 g/mol. The summed E-state index contributed by atoms with van der Waals surface area (Å²) in [5.74, 6) is -1.02. The first-order chi connectivity index (χ1) is 15.9. The third-order valence-electron chi connectivity index (χ3n) is 5.65. The normalized spacial score (nSPS) is 13.6. The zero-order valence-corrected chi connectivity index (χ0v) is 19.1. The number of hydrogen-bond donors (Lipinski definition) is 1. The number of esters is 1. The summed E-state index contributed by atoms with van der Waals surface area (Å²) in [4.78, 5) is 50.6. The van der Waals surface area contributed by atoms with Gasteiger partial charge in [-0.1, -0.05) is 48.4 Å². The van der Waals surface area contributed by atoms with E-state index in [4.69, 9.17) is 4.74 Å². The van der Waals surface area contributed by atoms with Crippen LogP contribution in [0.1, 0.15) is 76.9 Å². The van der Waals surface area contributed by atoms with Gasteiger partial charge in [-0.25, -0.2) is 0 Å². The fourth-order valence-corrected chi connectivity index (χ4v) is 3.88. The molecule has 1 heterocycles. The van der Waals surface area contributed by atoms with E-state index in [1.807, 2.05) is 31.2 Å². The molecule has 0 fully saturated rings. The number of carbonyl (C=O) groups excluding carboxylic acids is 4. The van der Waals surface area contributed by atoms with Gasteiger partial charge in [-0.05, 0) is 44.4 Å². The molecule has 3 amide bonds. The van der Waals surface area contributed by atoms with E-state index in [2.05, 4.69) is 5.32 Å². The van der Waals surface area contributed by atoms with Crippen LogP contribution in [0.3, 0.4) is 0 Å². The van der Waals surface area contributed by atoms with Crippen molar-refractivity contribution in [2.75, 3.05) is 13.2 Å². The van der Waals surface area contributed by atoms with E-state index < -0.39 is 6.04 Å². The Bertz CT molecular complexity index is 981. The molecule has 2 aromatic carbocycles. The van der Waals surface area contributed by atoms with E-state index in [0.717, 1.165) is 11.1 Å². The maximum Gasteiger partial charge on any atom is 0.308 e. The third-order valence-corrected chi connectivity index (χ3v) is 5.65. The summed E-state index contributed by atoms with van der Waals surface area (Å²) >= 11 is 0. The Labute approximate surface area is 194 Å². The molecule has 0 radical (unpaired) electrons. The van der Waals surface area contributed by atoms with Crippen molar-refractivity contribution in [1.82, 2.24) is 10.2 Å². The van der Waals surface area contributed by atoms with E-state index in [1.165, 1.54) is 4.90 Å². The minimum absolute atomic E-state index is 0.0718. The van der Waals surface area contributed by atoms with Gasteiger partial charge in [-0.2, -0.15) is 0 Å². The van der Waals surface area contributed by atoms with Crippen LogP contribution in [0.15, 0.2) is 48.5 Å². The van der Waals surface area contributed by atoms with Crippen molar-refractivity contribution in [2.45, 2.75) is 52.0 Å². The number of nitrogens with zero attached hydrogens (tertiary/aromatic N) is 1. The average Bonchev–Trinajstić information content (AvgIpc) is 3.04. The van der Waals surface area contributed by atoms with Gasteiger partial charge in [-0.3, -0.25) is 24.1 Å². The lowest BCUT2D eigenvalue weighted by molar-refractivity contribution is -0.143. The van der Waals surface area contributed by atoms with Crippen molar-refractivity contribution in [2.24, 2.45) is 0 Å². The second kappa shape index (κ2) is 11.4. The fourth-order valence-electron chi connectivity index (χ4n) is 3.88. The minimum atomic E-state index is -0.449. The molecule has 174 valence electrons. The predicted molar refractivity (Wildman–Crippen MR) is 124 cm³/mol. The molecule has 3 rings (SSSR count). The number of benzene rings is 2. The summed E-state index contributed by atoms with van der Waals surface area (Å²) in [5, 5.41) is 2.94. The summed E-state index contributed by atoms with van der Waals surface area (Å²) in [6.07, 6.45) is 2.32. The molecule has 0 saturated heterocycles. The molecule has 0 spiro atoms. The number of imide groups is 1. The van der Waals surface area contributed by atoms with Crippen LogP contribution in [0.5, 0.6) is 0 Å². The molecular formula is C26H30N2O5. The van der Waals surface area contributed by atoms with Crippen molar-refractivity contribution in [3.63, 3.8) is 0 Å². The smallest absolute Gasteiger partial charge is 0.308 e. The Kier molecular flexibility index (Phi) is 8.35. The fraction of sp³-hybridized carbons (Fsp3) is 0.385. The Balaban J connectivity index is 1.45. The minimum Gasteiger partial charge on any atom is -0.466 e. The van der Waals surface area contributed by atoms with Gasteiger partial charge in [0, 0.05) is 13.0 Å². The van der Waals surface area contributed by atoms with Crippen molar-refractivity contribution in [3.05, 3.63) is 70.8 Å². The molecule has 7 heteroatoms. The van der Waals surface area contributed by atoms with Crippen LogP contribution >= 0.6 is 0 Å². The van der Waals surface area contributed by atoms with Crippen molar-refractivity contribution in [3.8, 4) is 0 Å². The third kappa shape index (κ3) is 6.28. The Hall–Kier alpha value is -3.48. The molecule has 7 nitrogen and oxygen atoms in total. The van der Waals surface area contributed by atoms with Crippen LogP contribution in [0.25, 0.3) is 0 Å². The van der Waals surface area contributed by atoms with Crippen LogP contribution in [0, 0.1) is 6.92 Å². The first kappa shape index (κ1) is 24.2. The molecule has 0 saturated carbocycles. The molecule has 0 bridgehead atoms. The van der Waals surface area contributed by atoms with Gasteiger partial charge < -0.3 is 10.1 Å². The lowest BCUT2D eigenvalue weighted by Gasteiger charge is -2.19. The largest absolute Gasteiger partial charge is 0.466 e. The van der Waals surface area contributed by atoms with Gasteiger partial charge in [-0.15, -0.1) is 0 Å². The highest BCUT2D eigenvalue weighted by molar-refractivity contribution is 6.21. The highest BCUT2D eigenvalue weighted by Crippen LogP contribution is 2.23. The molecule has 1 N–H and O–H groups in total. The van der Waals surface area contributed by atoms with Crippen LogP contribution in [0.4, 0.5) is 0 Å². The highest BCUT2D eigenvalue weighted by Gasteiger charge is 2.34. The summed E-state index contributed by atoms with van der Waals surface area (Å²) in [6.45, 7) is 4.35. The monoisotopic (exact) mass is 450 g/mol. The zero-order valence-electron chi connectivity index (χ0n) is 19.1. The number of rotatable bonds is 11. The number of amides is 3. The number of unbranched alkanes of at least 4 members (excludes halogenated alkanes) is 2. The standard InChI is InChI=1S/C26H30N2O5/c1-3-33-24(30)17-22(19-14-12-18(2)13-15-19)27-23(29)11-5-4-8-16-28-25(31)20-9-6-7-10-21(20)26(28)32/h6-7,9-10,12-15,22H,3-5,8,11,16-17H2,1-2H3,(H,27,29)/t22-/m1/s1.